The van der Waals surface area contributed by atoms with Crippen molar-refractivity contribution in [1.82, 2.24) is 0 Å². The molecule has 0 saturated heterocycles. The van der Waals surface area contributed by atoms with Crippen molar-refractivity contribution < 1.29 is 14.6 Å². The van der Waals surface area contributed by atoms with Gasteiger partial charge in [0.05, 0.1) is 19.1 Å². The van der Waals surface area contributed by atoms with Crippen molar-refractivity contribution in [2.75, 3.05) is 13.7 Å². The molecule has 0 heterocycles. The summed E-state index contributed by atoms with van der Waals surface area (Å²) in [5, 5.41) is 9.33. The van der Waals surface area contributed by atoms with E-state index < -0.39 is 5.41 Å². The minimum Gasteiger partial charge on any atom is -0.497 e. The summed E-state index contributed by atoms with van der Waals surface area (Å²) >= 11 is 0. The maximum absolute atomic E-state index is 11.5. The van der Waals surface area contributed by atoms with Crippen LogP contribution < -0.4 is 4.74 Å². The summed E-state index contributed by atoms with van der Waals surface area (Å²) < 4.78 is 5.05. The summed E-state index contributed by atoms with van der Waals surface area (Å²) in [6.07, 6.45) is 1.32. The zero-order valence-corrected chi connectivity index (χ0v) is 8.69. The van der Waals surface area contributed by atoms with Crippen LogP contribution in [0.15, 0.2) is 24.3 Å². The maximum atomic E-state index is 11.5. The van der Waals surface area contributed by atoms with Crippen molar-refractivity contribution >= 4 is 5.78 Å². The summed E-state index contributed by atoms with van der Waals surface area (Å²) in [5.41, 5.74) is 0.258. The molecule has 3 nitrogen and oxygen atoms in total. The normalized spacial score (nSPS) is 24.8. The first-order valence-electron chi connectivity index (χ1n) is 5.01. The number of Topliss-reactive ketones (excluding diaryl/α,β-unsaturated/α-hetero) is 1. The van der Waals surface area contributed by atoms with Gasteiger partial charge in [-0.3, -0.25) is 4.79 Å². The molecule has 15 heavy (non-hydrogen) atoms. The zero-order chi connectivity index (χ0) is 10.9. The largest absolute Gasteiger partial charge is 0.497 e. The lowest BCUT2D eigenvalue weighted by Gasteiger charge is -2.38. The Morgan fingerprint density at radius 3 is 2.40 bits per heavy atom. The van der Waals surface area contributed by atoms with Gasteiger partial charge in [0.1, 0.15) is 11.5 Å². The second-order valence-corrected chi connectivity index (χ2v) is 3.89. The van der Waals surface area contributed by atoms with Crippen LogP contribution in [0.5, 0.6) is 5.75 Å². The standard InChI is InChI=1S/C12H14O3/c1-15-10-4-2-9(3-5-10)12(8-13)7-6-11(12)14/h2-5,13H,6-8H2,1H3/t12-/m0/s1. The number of methoxy groups -OCH3 is 1. The first kappa shape index (κ1) is 10.2. The fraction of sp³-hybridized carbons (Fsp3) is 0.417. The maximum Gasteiger partial charge on any atom is 0.145 e. The highest BCUT2D eigenvalue weighted by Gasteiger charge is 2.46. The molecule has 1 fully saturated rings. The molecular formula is C12H14O3. The molecule has 1 atom stereocenters. The van der Waals surface area contributed by atoms with E-state index in [9.17, 15) is 9.90 Å². The molecule has 0 amide bonds. The van der Waals surface area contributed by atoms with E-state index in [4.69, 9.17) is 4.74 Å². The van der Waals surface area contributed by atoms with Gasteiger partial charge in [-0.25, -0.2) is 0 Å². The van der Waals surface area contributed by atoms with Crippen molar-refractivity contribution in [3.05, 3.63) is 29.8 Å². The van der Waals surface area contributed by atoms with Crippen LogP contribution in [0, 0.1) is 0 Å². The predicted octanol–water partition coefficient (Wildman–Crippen LogP) is 1.29. The van der Waals surface area contributed by atoms with Crippen LogP contribution in [0.25, 0.3) is 0 Å². The molecule has 0 aliphatic heterocycles. The van der Waals surface area contributed by atoms with Crippen molar-refractivity contribution in [2.45, 2.75) is 18.3 Å². The van der Waals surface area contributed by atoms with Gasteiger partial charge in [0.2, 0.25) is 0 Å². The SMILES string of the molecule is COc1ccc([C@@]2(CO)CCC2=O)cc1. The Kier molecular flexibility index (Phi) is 2.49. The highest BCUT2D eigenvalue weighted by Crippen LogP contribution is 2.40. The Morgan fingerprint density at radius 2 is 2.07 bits per heavy atom. The van der Waals surface area contributed by atoms with E-state index in [1.165, 1.54) is 0 Å². The van der Waals surface area contributed by atoms with Gasteiger partial charge in [-0.2, -0.15) is 0 Å². The molecule has 0 radical (unpaired) electrons. The summed E-state index contributed by atoms with van der Waals surface area (Å²) in [7, 11) is 1.60. The van der Waals surface area contributed by atoms with Gasteiger partial charge in [0, 0.05) is 6.42 Å². The molecule has 0 spiro atoms. The Labute approximate surface area is 88.7 Å². The van der Waals surface area contributed by atoms with Crippen LogP contribution in [0.1, 0.15) is 18.4 Å². The van der Waals surface area contributed by atoms with E-state index in [0.29, 0.717) is 6.42 Å². The molecule has 2 rings (SSSR count). The first-order valence-corrected chi connectivity index (χ1v) is 5.01. The van der Waals surface area contributed by atoms with Crippen LogP contribution in [-0.4, -0.2) is 24.6 Å². The minimum absolute atomic E-state index is 0.0990. The average Bonchev–Trinajstić information content (AvgIpc) is 2.29. The summed E-state index contributed by atoms with van der Waals surface area (Å²) in [6, 6.07) is 7.34. The third-order valence-corrected chi connectivity index (χ3v) is 3.23. The van der Waals surface area contributed by atoms with E-state index in [-0.39, 0.29) is 12.4 Å². The van der Waals surface area contributed by atoms with Crippen LogP contribution >= 0.6 is 0 Å². The summed E-state index contributed by atoms with van der Waals surface area (Å²) in [4.78, 5) is 11.5. The van der Waals surface area contributed by atoms with Gasteiger partial charge in [-0.05, 0) is 24.1 Å². The quantitative estimate of drug-likeness (QED) is 0.810. The van der Waals surface area contributed by atoms with Gasteiger partial charge in [0.25, 0.3) is 0 Å². The van der Waals surface area contributed by atoms with Gasteiger partial charge in [0.15, 0.2) is 0 Å². The molecule has 0 bridgehead atoms. The molecule has 1 aromatic rings. The second-order valence-electron chi connectivity index (χ2n) is 3.89. The van der Waals surface area contributed by atoms with Crippen molar-refractivity contribution in [3.8, 4) is 5.75 Å². The third kappa shape index (κ3) is 1.43. The number of aliphatic hydroxyl groups excluding tert-OH is 1. The van der Waals surface area contributed by atoms with Crippen LogP contribution in [0.3, 0.4) is 0 Å². The lowest BCUT2D eigenvalue weighted by Crippen LogP contribution is -2.48. The summed E-state index contributed by atoms with van der Waals surface area (Å²) in [6.45, 7) is -0.0990. The molecular weight excluding hydrogens is 192 g/mol. The number of ether oxygens (including phenoxy) is 1. The zero-order valence-electron chi connectivity index (χ0n) is 8.69. The van der Waals surface area contributed by atoms with Crippen molar-refractivity contribution in [1.29, 1.82) is 0 Å². The van der Waals surface area contributed by atoms with Gasteiger partial charge in [-0.1, -0.05) is 12.1 Å². The fourth-order valence-electron chi connectivity index (χ4n) is 2.00. The molecule has 1 saturated carbocycles. The van der Waals surface area contributed by atoms with Gasteiger partial charge in [-0.15, -0.1) is 0 Å². The van der Waals surface area contributed by atoms with Crippen LogP contribution in [0.4, 0.5) is 0 Å². The number of rotatable bonds is 3. The number of hydrogen-bond acceptors (Lipinski definition) is 3. The molecule has 1 aromatic carbocycles. The number of benzene rings is 1. The van der Waals surface area contributed by atoms with E-state index in [2.05, 4.69) is 0 Å². The number of hydrogen-bond donors (Lipinski definition) is 1. The van der Waals surface area contributed by atoms with Crippen molar-refractivity contribution in [2.24, 2.45) is 0 Å². The van der Waals surface area contributed by atoms with E-state index in [1.54, 1.807) is 7.11 Å². The Balaban J connectivity index is 2.32. The van der Waals surface area contributed by atoms with Crippen molar-refractivity contribution in [3.63, 3.8) is 0 Å². The Morgan fingerprint density at radius 1 is 1.40 bits per heavy atom. The topological polar surface area (TPSA) is 46.5 Å². The third-order valence-electron chi connectivity index (χ3n) is 3.23. The highest BCUT2D eigenvalue weighted by molar-refractivity contribution is 5.96. The van der Waals surface area contributed by atoms with Crippen LogP contribution in [0.2, 0.25) is 0 Å². The molecule has 1 aliphatic carbocycles. The number of aliphatic hydroxyl groups is 1. The number of carbonyl (C=O) groups excluding carboxylic acids is 1. The van der Waals surface area contributed by atoms with Gasteiger partial charge < -0.3 is 9.84 Å². The number of carbonyl (C=O) groups is 1. The average molecular weight is 206 g/mol. The molecule has 0 aromatic heterocycles. The molecule has 80 valence electrons. The van der Waals surface area contributed by atoms with E-state index in [1.807, 2.05) is 24.3 Å². The smallest absolute Gasteiger partial charge is 0.145 e. The first-order chi connectivity index (χ1) is 7.23. The fourth-order valence-corrected chi connectivity index (χ4v) is 2.00. The van der Waals surface area contributed by atoms with Crippen LogP contribution in [-0.2, 0) is 10.2 Å². The second kappa shape index (κ2) is 3.66. The van der Waals surface area contributed by atoms with E-state index in [0.717, 1.165) is 17.7 Å². The predicted molar refractivity (Wildman–Crippen MR) is 56.0 cm³/mol. The number of ketones is 1. The Bertz CT molecular complexity index is 365. The Hall–Kier alpha value is -1.35. The van der Waals surface area contributed by atoms with Gasteiger partial charge >= 0.3 is 0 Å². The molecule has 1 N–H and O–H groups in total. The monoisotopic (exact) mass is 206 g/mol. The van der Waals surface area contributed by atoms with E-state index >= 15 is 0 Å². The lowest BCUT2D eigenvalue weighted by atomic mass is 9.64. The molecule has 0 unspecified atom stereocenters. The lowest BCUT2D eigenvalue weighted by molar-refractivity contribution is -0.134. The molecule has 1 aliphatic rings. The summed E-state index contributed by atoms with van der Waals surface area (Å²) in [5.74, 6) is 0.897. The molecule has 3 heteroatoms. The minimum atomic E-state index is -0.633. The highest BCUT2D eigenvalue weighted by atomic mass is 16.5.